The molecule has 0 aliphatic carbocycles. The molecule has 2 heterocycles. The van der Waals surface area contributed by atoms with Crippen LogP contribution in [0.1, 0.15) is 33.1 Å². The van der Waals surface area contributed by atoms with Crippen molar-refractivity contribution < 1.29 is 4.79 Å². The Morgan fingerprint density at radius 1 is 1.26 bits per heavy atom. The standard InChI is InChI=1S/C15H23N7O3S2/c1-3-5-7-21(9(23)8-26-15-20-19-13(17)27-15)10-11(16)22(6-4-2)14(25)18-12(10)24/h3-8,16H2,1-2H3,(H2,17,19)(H,18,24,25). The van der Waals surface area contributed by atoms with Crippen molar-refractivity contribution in [1.82, 2.24) is 19.7 Å². The quantitative estimate of drug-likeness (QED) is 0.512. The number of aromatic amines is 1. The third-order valence-electron chi connectivity index (χ3n) is 3.71. The van der Waals surface area contributed by atoms with Crippen LogP contribution in [0.4, 0.5) is 16.6 Å². The number of aromatic nitrogens is 4. The number of carbonyl (C=O) groups is 1. The van der Waals surface area contributed by atoms with E-state index < -0.39 is 11.2 Å². The predicted molar refractivity (Wildman–Crippen MR) is 108 cm³/mol. The largest absolute Gasteiger partial charge is 0.383 e. The third-order valence-corrected chi connectivity index (χ3v) is 5.58. The normalized spacial score (nSPS) is 10.9. The van der Waals surface area contributed by atoms with Crippen molar-refractivity contribution in [3.63, 3.8) is 0 Å². The Bertz CT molecular complexity index is 906. The number of thioether (sulfide) groups is 1. The fraction of sp³-hybridized carbons (Fsp3) is 0.533. The summed E-state index contributed by atoms with van der Waals surface area (Å²) in [4.78, 5) is 40.9. The van der Waals surface area contributed by atoms with Gasteiger partial charge >= 0.3 is 5.69 Å². The van der Waals surface area contributed by atoms with Gasteiger partial charge < -0.3 is 16.4 Å². The van der Waals surface area contributed by atoms with Gasteiger partial charge in [0.15, 0.2) is 10.0 Å². The zero-order chi connectivity index (χ0) is 20.0. The monoisotopic (exact) mass is 413 g/mol. The number of nitrogens with two attached hydrogens (primary N) is 2. The number of rotatable bonds is 9. The number of nitrogens with one attached hydrogen (secondary N) is 1. The number of anilines is 3. The van der Waals surface area contributed by atoms with E-state index in [2.05, 4.69) is 15.2 Å². The van der Waals surface area contributed by atoms with E-state index in [4.69, 9.17) is 11.5 Å². The number of carbonyl (C=O) groups excluding carboxylic acids is 1. The van der Waals surface area contributed by atoms with Gasteiger partial charge in [-0.2, -0.15) is 0 Å². The van der Waals surface area contributed by atoms with Crippen LogP contribution in [-0.4, -0.2) is 38.0 Å². The zero-order valence-corrected chi connectivity index (χ0v) is 16.9. The van der Waals surface area contributed by atoms with E-state index >= 15 is 0 Å². The van der Waals surface area contributed by atoms with E-state index in [1.165, 1.54) is 32.6 Å². The van der Waals surface area contributed by atoms with Crippen LogP contribution < -0.4 is 27.6 Å². The molecule has 0 aliphatic heterocycles. The Hall–Kier alpha value is -2.34. The molecule has 2 aromatic heterocycles. The number of hydrogen-bond donors (Lipinski definition) is 3. The van der Waals surface area contributed by atoms with Gasteiger partial charge in [0.2, 0.25) is 11.0 Å². The van der Waals surface area contributed by atoms with Crippen molar-refractivity contribution in [1.29, 1.82) is 0 Å². The maximum Gasteiger partial charge on any atom is 0.330 e. The van der Waals surface area contributed by atoms with Crippen molar-refractivity contribution in [3.05, 3.63) is 20.8 Å². The molecule has 27 heavy (non-hydrogen) atoms. The minimum atomic E-state index is -0.667. The van der Waals surface area contributed by atoms with Crippen LogP contribution in [-0.2, 0) is 11.3 Å². The van der Waals surface area contributed by atoms with Crippen LogP contribution in [0.5, 0.6) is 0 Å². The molecule has 0 aromatic carbocycles. The molecule has 0 saturated heterocycles. The molecule has 12 heteroatoms. The van der Waals surface area contributed by atoms with Crippen LogP contribution in [0.15, 0.2) is 13.9 Å². The van der Waals surface area contributed by atoms with Gasteiger partial charge in [0, 0.05) is 13.1 Å². The SMILES string of the molecule is CCCCN(C(=O)CSc1nnc(N)s1)c1c(N)n(CCC)c(=O)[nH]c1=O. The van der Waals surface area contributed by atoms with Gasteiger partial charge in [0.05, 0.1) is 5.75 Å². The molecule has 148 valence electrons. The molecule has 0 atom stereocenters. The molecule has 0 bridgehead atoms. The summed E-state index contributed by atoms with van der Waals surface area (Å²) in [7, 11) is 0. The van der Waals surface area contributed by atoms with Crippen molar-refractivity contribution in [3.8, 4) is 0 Å². The lowest BCUT2D eigenvalue weighted by atomic mass is 10.2. The Morgan fingerprint density at radius 2 is 2.00 bits per heavy atom. The molecule has 0 fully saturated rings. The first-order valence-corrected chi connectivity index (χ1v) is 10.3. The van der Waals surface area contributed by atoms with Gasteiger partial charge in [-0.1, -0.05) is 43.4 Å². The average molecular weight is 414 g/mol. The van der Waals surface area contributed by atoms with E-state index in [9.17, 15) is 14.4 Å². The van der Waals surface area contributed by atoms with Crippen molar-refractivity contribution in [2.24, 2.45) is 0 Å². The third kappa shape index (κ3) is 5.10. The summed E-state index contributed by atoms with van der Waals surface area (Å²) >= 11 is 2.37. The maximum atomic E-state index is 12.8. The van der Waals surface area contributed by atoms with E-state index in [-0.39, 0.29) is 23.2 Å². The highest BCUT2D eigenvalue weighted by Gasteiger charge is 2.24. The Morgan fingerprint density at radius 3 is 2.59 bits per heavy atom. The molecule has 0 radical (unpaired) electrons. The molecule has 0 spiro atoms. The molecule has 0 unspecified atom stereocenters. The number of hydrogen-bond acceptors (Lipinski definition) is 9. The Labute approximate surface area is 164 Å². The summed E-state index contributed by atoms with van der Waals surface area (Å²) in [6.45, 7) is 4.54. The Balaban J connectivity index is 2.34. The van der Waals surface area contributed by atoms with Gasteiger partial charge in [-0.05, 0) is 12.8 Å². The summed E-state index contributed by atoms with van der Waals surface area (Å²) in [5, 5.41) is 7.89. The molecule has 0 saturated carbocycles. The predicted octanol–water partition coefficient (Wildman–Crippen LogP) is 0.888. The topological polar surface area (TPSA) is 153 Å². The van der Waals surface area contributed by atoms with E-state index in [1.54, 1.807) is 0 Å². The number of nitrogens with zero attached hydrogens (tertiary/aromatic N) is 4. The summed E-state index contributed by atoms with van der Waals surface area (Å²) in [5.41, 5.74) is 10.4. The van der Waals surface area contributed by atoms with E-state index in [0.29, 0.717) is 35.4 Å². The van der Waals surface area contributed by atoms with Crippen LogP contribution >= 0.6 is 23.1 Å². The second-order valence-corrected chi connectivity index (χ2v) is 7.97. The van der Waals surface area contributed by atoms with Crippen LogP contribution in [0, 0.1) is 0 Å². The second-order valence-electron chi connectivity index (χ2n) is 5.74. The minimum Gasteiger partial charge on any atom is -0.383 e. The molecule has 5 N–H and O–H groups in total. The number of H-pyrrole nitrogens is 1. The zero-order valence-electron chi connectivity index (χ0n) is 15.2. The van der Waals surface area contributed by atoms with Crippen LogP contribution in [0.2, 0.25) is 0 Å². The Kier molecular flexibility index (Phi) is 7.42. The lowest BCUT2D eigenvalue weighted by molar-refractivity contribution is -0.116. The summed E-state index contributed by atoms with van der Waals surface area (Å²) in [6, 6.07) is 0. The number of nitrogen functional groups attached to an aromatic ring is 2. The lowest BCUT2D eigenvalue weighted by Gasteiger charge is -2.24. The highest BCUT2D eigenvalue weighted by molar-refractivity contribution is 8.01. The van der Waals surface area contributed by atoms with Gasteiger partial charge in [-0.15, -0.1) is 10.2 Å². The highest BCUT2D eigenvalue weighted by Crippen LogP contribution is 2.25. The smallest absolute Gasteiger partial charge is 0.330 e. The fourth-order valence-corrected chi connectivity index (χ4v) is 3.95. The van der Waals surface area contributed by atoms with E-state index in [1.807, 2.05) is 13.8 Å². The maximum absolute atomic E-state index is 12.8. The lowest BCUT2D eigenvalue weighted by Crippen LogP contribution is -2.42. The number of amides is 1. The van der Waals surface area contributed by atoms with E-state index in [0.717, 1.165) is 6.42 Å². The molecule has 10 nitrogen and oxygen atoms in total. The molecule has 0 aliphatic rings. The average Bonchev–Trinajstić information content (AvgIpc) is 3.04. The fourth-order valence-electron chi connectivity index (χ4n) is 2.44. The van der Waals surface area contributed by atoms with Crippen molar-refractivity contribution >= 4 is 45.6 Å². The molecular weight excluding hydrogens is 390 g/mol. The summed E-state index contributed by atoms with van der Waals surface area (Å²) < 4.78 is 1.84. The first-order valence-electron chi connectivity index (χ1n) is 8.53. The van der Waals surface area contributed by atoms with Gasteiger partial charge in [-0.25, -0.2) is 4.79 Å². The van der Waals surface area contributed by atoms with Crippen molar-refractivity contribution in [2.45, 2.75) is 44.0 Å². The summed E-state index contributed by atoms with van der Waals surface area (Å²) in [5.74, 6) is -0.259. The van der Waals surface area contributed by atoms with Gasteiger partial charge in [0.25, 0.3) is 5.56 Å². The molecule has 2 rings (SSSR count). The van der Waals surface area contributed by atoms with Crippen molar-refractivity contribution in [2.75, 3.05) is 28.7 Å². The highest BCUT2D eigenvalue weighted by atomic mass is 32.2. The first-order chi connectivity index (χ1) is 12.9. The van der Waals surface area contributed by atoms with Crippen LogP contribution in [0.3, 0.4) is 0 Å². The molecular formula is C15H23N7O3S2. The van der Waals surface area contributed by atoms with Crippen LogP contribution in [0.25, 0.3) is 0 Å². The van der Waals surface area contributed by atoms with Gasteiger partial charge in [0.1, 0.15) is 5.82 Å². The van der Waals surface area contributed by atoms with Gasteiger partial charge in [-0.3, -0.25) is 19.1 Å². The summed E-state index contributed by atoms with van der Waals surface area (Å²) in [6.07, 6.45) is 2.18. The second kappa shape index (κ2) is 9.55. The first kappa shape index (κ1) is 21.0. The molecule has 1 amide bonds. The number of unbranched alkanes of at least 4 members (excludes halogenated alkanes) is 1. The molecule has 2 aromatic rings. The minimum absolute atomic E-state index is 0.000197.